The zero-order valence-corrected chi connectivity index (χ0v) is 12.1. The molecule has 2 rings (SSSR count). The Kier molecular flexibility index (Phi) is 4.06. The third kappa shape index (κ3) is 2.72. The van der Waals surface area contributed by atoms with Crippen molar-refractivity contribution in [2.24, 2.45) is 0 Å². The summed E-state index contributed by atoms with van der Waals surface area (Å²) >= 11 is 0. The van der Waals surface area contributed by atoms with Crippen LogP contribution in [-0.4, -0.2) is 31.6 Å². The minimum Gasteiger partial charge on any atom is -0.294 e. The Balaban J connectivity index is 2.32. The van der Waals surface area contributed by atoms with E-state index in [1.54, 1.807) is 32.2 Å². The van der Waals surface area contributed by atoms with Crippen LogP contribution in [0.2, 0.25) is 0 Å². The van der Waals surface area contributed by atoms with E-state index in [1.807, 2.05) is 0 Å². The minimum atomic E-state index is -3.48. The van der Waals surface area contributed by atoms with Gasteiger partial charge < -0.3 is 0 Å². The maximum atomic E-state index is 12.4. The van der Waals surface area contributed by atoms with Crippen LogP contribution in [0.4, 0.5) is 0 Å². The van der Waals surface area contributed by atoms with E-state index in [1.165, 1.54) is 10.4 Å². The number of rotatable bonds is 5. The van der Waals surface area contributed by atoms with Crippen molar-refractivity contribution < 1.29 is 13.2 Å². The third-order valence-corrected chi connectivity index (χ3v) is 5.65. The van der Waals surface area contributed by atoms with Crippen molar-refractivity contribution in [2.45, 2.75) is 43.5 Å². The lowest BCUT2D eigenvalue weighted by molar-refractivity contribution is 0.0988. The van der Waals surface area contributed by atoms with Gasteiger partial charge in [0.2, 0.25) is 10.0 Å². The van der Waals surface area contributed by atoms with Gasteiger partial charge in [-0.3, -0.25) is 4.79 Å². The molecule has 1 aliphatic carbocycles. The number of carbonyl (C=O) groups excluding carboxylic acids is 1. The van der Waals surface area contributed by atoms with E-state index < -0.39 is 10.0 Å². The van der Waals surface area contributed by atoms with Gasteiger partial charge in [-0.25, -0.2) is 8.42 Å². The summed E-state index contributed by atoms with van der Waals surface area (Å²) in [5.41, 5.74) is 0.464. The molecule has 0 aromatic heterocycles. The normalized spacial score (nSPS) is 16.4. The van der Waals surface area contributed by atoms with Gasteiger partial charge in [-0.15, -0.1) is 0 Å². The SMILES string of the molecule is CCC(=O)c1cccc(S(=O)(=O)N(C)C2CCC2)c1. The smallest absolute Gasteiger partial charge is 0.243 e. The first-order chi connectivity index (χ1) is 8.96. The largest absolute Gasteiger partial charge is 0.294 e. The second-order valence-electron chi connectivity index (χ2n) is 4.91. The van der Waals surface area contributed by atoms with Crippen molar-refractivity contribution in [3.8, 4) is 0 Å². The van der Waals surface area contributed by atoms with Crippen molar-refractivity contribution in [3.05, 3.63) is 29.8 Å². The maximum Gasteiger partial charge on any atom is 0.243 e. The predicted octanol–water partition coefficient (Wildman–Crippen LogP) is 2.45. The van der Waals surface area contributed by atoms with Gasteiger partial charge in [-0.05, 0) is 25.0 Å². The Morgan fingerprint density at radius 2 is 2.05 bits per heavy atom. The van der Waals surface area contributed by atoms with E-state index in [-0.39, 0.29) is 16.7 Å². The van der Waals surface area contributed by atoms with Gasteiger partial charge in [0.05, 0.1) is 4.90 Å². The van der Waals surface area contributed by atoms with Gasteiger partial charge >= 0.3 is 0 Å². The first-order valence-electron chi connectivity index (χ1n) is 6.58. The first kappa shape index (κ1) is 14.2. The fourth-order valence-corrected chi connectivity index (χ4v) is 3.61. The highest BCUT2D eigenvalue weighted by Gasteiger charge is 2.31. The standard InChI is InChI=1S/C14H19NO3S/c1-3-14(16)11-6-4-9-13(10-11)19(17,18)15(2)12-7-5-8-12/h4,6,9-10,12H,3,5,7-8H2,1-2H3. The van der Waals surface area contributed by atoms with Crippen LogP contribution < -0.4 is 0 Å². The topological polar surface area (TPSA) is 54.5 Å². The van der Waals surface area contributed by atoms with Crippen molar-refractivity contribution in [2.75, 3.05) is 7.05 Å². The summed E-state index contributed by atoms with van der Waals surface area (Å²) in [4.78, 5) is 11.9. The highest BCUT2D eigenvalue weighted by molar-refractivity contribution is 7.89. The molecule has 1 fully saturated rings. The van der Waals surface area contributed by atoms with Crippen LogP contribution in [0.5, 0.6) is 0 Å². The molecule has 0 saturated heterocycles. The number of hydrogen-bond donors (Lipinski definition) is 0. The second kappa shape index (κ2) is 5.43. The Morgan fingerprint density at radius 3 is 2.58 bits per heavy atom. The fraction of sp³-hybridized carbons (Fsp3) is 0.500. The molecule has 104 valence electrons. The number of benzene rings is 1. The number of sulfonamides is 1. The summed E-state index contributed by atoms with van der Waals surface area (Å²) in [5.74, 6) is -0.0386. The van der Waals surface area contributed by atoms with Crippen LogP contribution in [0.15, 0.2) is 29.2 Å². The molecule has 1 saturated carbocycles. The van der Waals surface area contributed by atoms with E-state index >= 15 is 0 Å². The molecule has 0 aliphatic heterocycles. The van der Waals surface area contributed by atoms with Crippen LogP contribution in [0.1, 0.15) is 43.0 Å². The zero-order chi connectivity index (χ0) is 14.0. The Hall–Kier alpha value is -1.20. The average Bonchev–Trinajstić information content (AvgIpc) is 2.35. The number of nitrogens with zero attached hydrogens (tertiary/aromatic N) is 1. The van der Waals surface area contributed by atoms with E-state index in [9.17, 15) is 13.2 Å². The van der Waals surface area contributed by atoms with E-state index in [0.29, 0.717) is 12.0 Å². The van der Waals surface area contributed by atoms with Gasteiger partial charge in [0.1, 0.15) is 0 Å². The van der Waals surface area contributed by atoms with Gasteiger partial charge in [0.15, 0.2) is 5.78 Å². The van der Waals surface area contributed by atoms with Gasteiger partial charge in [-0.2, -0.15) is 4.31 Å². The van der Waals surface area contributed by atoms with Crippen molar-refractivity contribution in [3.63, 3.8) is 0 Å². The molecule has 4 nitrogen and oxygen atoms in total. The summed E-state index contributed by atoms with van der Waals surface area (Å²) in [6.07, 6.45) is 3.30. The van der Waals surface area contributed by atoms with Crippen molar-refractivity contribution >= 4 is 15.8 Å². The molecule has 19 heavy (non-hydrogen) atoms. The average molecular weight is 281 g/mol. The highest BCUT2D eigenvalue weighted by Crippen LogP contribution is 2.28. The minimum absolute atomic E-state index is 0.0386. The quantitative estimate of drug-likeness (QED) is 0.779. The van der Waals surface area contributed by atoms with Crippen molar-refractivity contribution in [1.82, 2.24) is 4.31 Å². The van der Waals surface area contributed by atoms with Crippen LogP contribution in [-0.2, 0) is 10.0 Å². The molecule has 0 amide bonds. The molecular weight excluding hydrogens is 262 g/mol. The highest BCUT2D eigenvalue weighted by atomic mass is 32.2. The molecule has 0 radical (unpaired) electrons. The summed E-state index contributed by atoms with van der Waals surface area (Å²) < 4.78 is 26.3. The van der Waals surface area contributed by atoms with Crippen LogP contribution >= 0.6 is 0 Å². The molecular formula is C14H19NO3S. The molecule has 1 aliphatic rings. The molecule has 0 N–H and O–H groups in total. The first-order valence-corrected chi connectivity index (χ1v) is 8.02. The molecule has 0 unspecified atom stereocenters. The van der Waals surface area contributed by atoms with Crippen molar-refractivity contribution in [1.29, 1.82) is 0 Å². The summed E-state index contributed by atoms with van der Waals surface area (Å²) in [5, 5.41) is 0. The Labute approximate surface area is 114 Å². The lowest BCUT2D eigenvalue weighted by Gasteiger charge is -2.33. The lowest BCUT2D eigenvalue weighted by Crippen LogP contribution is -2.41. The second-order valence-corrected chi connectivity index (χ2v) is 6.91. The predicted molar refractivity (Wildman–Crippen MR) is 73.7 cm³/mol. The number of Topliss-reactive ketones (excluding diaryl/α,β-unsaturated/α-hetero) is 1. The number of carbonyl (C=O) groups is 1. The molecule has 5 heteroatoms. The number of hydrogen-bond acceptors (Lipinski definition) is 3. The van der Waals surface area contributed by atoms with Crippen LogP contribution in [0.25, 0.3) is 0 Å². The molecule has 0 bridgehead atoms. The summed E-state index contributed by atoms with van der Waals surface area (Å²) in [6, 6.07) is 6.43. The van der Waals surface area contributed by atoms with E-state index in [0.717, 1.165) is 19.3 Å². The van der Waals surface area contributed by atoms with Gasteiger partial charge in [0.25, 0.3) is 0 Å². The third-order valence-electron chi connectivity index (χ3n) is 3.74. The summed E-state index contributed by atoms with van der Waals surface area (Å²) in [6.45, 7) is 1.77. The van der Waals surface area contributed by atoms with E-state index in [4.69, 9.17) is 0 Å². The maximum absolute atomic E-state index is 12.4. The summed E-state index contributed by atoms with van der Waals surface area (Å²) in [7, 11) is -1.86. The lowest BCUT2D eigenvalue weighted by atomic mass is 9.94. The monoisotopic (exact) mass is 281 g/mol. The Morgan fingerprint density at radius 1 is 1.37 bits per heavy atom. The Bertz CT molecular complexity index is 576. The molecule has 1 aromatic rings. The van der Waals surface area contributed by atoms with Crippen LogP contribution in [0, 0.1) is 0 Å². The number of ketones is 1. The molecule has 0 heterocycles. The van der Waals surface area contributed by atoms with Crippen LogP contribution in [0.3, 0.4) is 0 Å². The zero-order valence-electron chi connectivity index (χ0n) is 11.3. The van der Waals surface area contributed by atoms with Gasteiger partial charge in [-0.1, -0.05) is 25.5 Å². The molecule has 0 atom stereocenters. The fourth-order valence-electron chi connectivity index (χ4n) is 2.15. The van der Waals surface area contributed by atoms with Gasteiger partial charge in [0, 0.05) is 25.1 Å². The van der Waals surface area contributed by atoms with E-state index in [2.05, 4.69) is 0 Å². The molecule has 1 aromatic carbocycles. The molecule has 0 spiro atoms.